The number of hydrogen-bond acceptors (Lipinski definition) is 5. The summed E-state index contributed by atoms with van der Waals surface area (Å²) in [6.07, 6.45) is 5.80. The highest BCUT2D eigenvalue weighted by atomic mass is 16.5. The van der Waals surface area contributed by atoms with Gasteiger partial charge < -0.3 is 9.72 Å². The summed E-state index contributed by atoms with van der Waals surface area (Å²) >= 11 is 0. The van der Waals surface area contributed by atoms with E-state index in [1.807, 2.05) is 24.7 Å². The first kappa shape index (κ1) is 16.4. The van der Waals surface area contributed by atoms with Crippen LogP contribution in [0.4, 0.5) is 0 Å². The Morgan fingerprint density at radius 2 is 2.12 bits per heavy atom. The van der Waals surface area contributed by atoms with Crippen molar-refractivity contribution in [2.45, 2.75) is 39.7 Å². The SMILES string of the molecule is COCCc1nc(Cc2c(C)n[nH]c2C)n(CCc2cnc[nH]2)n1. The Bertz CT molecular complexity index is 753. The molecule has 0 spiro atoms. The van der Waals surface area contributed by atoms with Crippen LogP contribution in [-0.4, -0.2) is 48.6 Å². The zero-order valence-electron chi connectivity index (χ0n) is 14.3. The van der Waals surface area contributed by atoms with Crippen molar-refractivity contribution in [1.82, 2.24) is 34.9 Å². The van der Waals surface area contributed by atoms with Gasteiger partial charge in [0.05, 0.1) is 18.6 Å². The molecule has 0 aromatic carbocycles. The summed E-state index contributed by atoms with van der Waals surface area (Å²) in [5, 5.41) is 11.9. The average Bonchev–Trinajstić information content (AvgIpc) is 3.28. The number of nitrogens with zero attached hydrogens (tertiary/aromatic N) is 5. The third-order valence-electron chi connectivity index (χ3n) is 4.09. The molecular formula is C16H23N7O. The van der Waals surface area contributed by atoms with Crippen LogP contribution in [-0.2, 0) is 30.5 Å². The maximum absolute atomic E-state index is 5.14. The first-order valence-corrected chi connectivity index (χ1v) is 8.06. The first-order chi connectivity index (χ1) is 11.7. The molecule has 0 aliphatic carbocycles. The van der Waals surface area contributed by atoms with E-state index in [1.54, 1.807) is 13.4 Å². The van der Waals surface area contributed by atoms with E-state index in [0.29, 0.717) is 13.0 Å². The molecule has 0 radical (unpaired) electrons. The number of nitrogens with one attached hydrogen (secondary N) is 2. The first-order valence-electron chi connectivity index (χ1n) is 8.06. The van der Waals surface area contributed by atoms with Gasteiger partial charge in [-0.3, -0.25) is 5.10 Å². The van der Waals surface area contributed by atoms with E-state index in [2.05, 4.69) is 25.3 Å². The Kier molecular flexibility index (Phi) is 5.05. The standard InChI is InChI=1S/C16H23N7O/c1-11-14(12(2)21-20-11)8-16-19-15(5-7-24-3)22-23(16)6-4-13-9-17-10-18-13/h9-10H,4-8H2,1-3H3,(H,17,18)(H,20,21). The highest BCUT2D eigenvalue weighted by Gasteiger charge is 2.15. The van der Waals surface area contributed by atoms with Crippen molar-refractivity contribution in [2.75, 3.05) is 13.7 Å². The topological polar surface area (TPSA) is 97.3 Å². The van der Waals surface area contributed by atoms with Crippen LogP contribution >= 0.6 is 0 Å². The molecule has 0 unspecified atom stereocenters. The largest absolute Gasteiger partial charge is 0.384 e. The Balaban J connectivity index is 1.80. The molecule has 3 aromatic rings. The molecule has 24 heavy (non-hydrogen) atoms. The van der Waals surface area contributed by atoms with Crippen LogP contribution in [0.1, 0.15) is 34.3 Å². The van der Waals surface area contributed by atoms with Gasteiger partial charge in [0, 0.05) is 56.1 Å². The van der Waals surface area contributed by atoms with Crippen LogP contribution in [0.5, 0.6) is 0 Å². The van der Waals surface area contributed by atoms with Crippen molar-refractivity contribution in [2.24, 2.45) is 0 Å². The molecule has 2 N–H and O–H groups in total. The molecule has 8 heteroatoms. The summed E-state index contributed by atoms with van der Waals surface area (Å²) in [5.74, 6) is 1.77. The van der Waals surface area contributed by atoms with Gasteiger partial charge in [-0.25, -0.2) is 14.6 Å². The van der Waals surface area contributed by atoms with Crippen LogP contribution in [0.3, 0.4) is 0 Å². The Hall–Kier alpha value is -2.48. The lowest BCUT2D eigenvalue weighted by atomic mass is 10.1. The molecular weight excluding hydrogens is 306 g/mol. The molecule has 0 amide bonds. The van der Waals surface area contributed by atoms with Crippen molar-refractivity contribution >= 4 is 0 Å². The van der Waals surface area contributed by atoms with Gasteiger partial charge >= 0.3 is 0 Å². The fourth-order valence-electron chi connectivity index (χ4n) is 2.68. The Morgan fingerprint density at radius 1 is 1.25 bits per heavy atom. The number of aromatic amines is 2. The second-order valence-electron chi connectivity index (χ2n) is 5.83. The third kappa shape index (κ3) is 3.70. The molecule has 0 saturated carbocycles. The normalized spacial score (nSPS) is 11.3. The summed E-state index contributed by atoms with van der Waals surface area (Å²) in [7, 11) is 1.69. The lowest BCUT2D eigenvalue weighted by molar-refractivity contribution is 0.200. The summed E-state index contributed by atoms with van der Waals surface area (Å²) in [5.41, 5.74) is 4.36. The van der Waals surface area contributed by atoms with E-state index in [9.17, 15) is 0 Å². The van der Waals surface area contributed by atoms with Gasteiger partial charge in [0.25, 0.3) is 0 Å². The lowest BCUT2D eigenvalue weighted by Crippen LogP contribution is -2.09. The fraction of sp³-hybridized carbons (Fsp3) is 0.500. The van der Waals surface area contributed by atoms with E-state index in [0.717, 1.165) is 48.1 Å². The summed E-state index contributed by atoms with van der Waals surface area (Å²) in [6.45, 7) is 5.42. The zero-order valence-corrected chi connectivity index (χ0v) is 14.3. The minimum absolute atomic E-state index is 0.619. The molecule has 0 aliphatic rings. The minimum atomic E-state index is 0.619. The molecule has 0 saturated heterocycles. The molecule has 3 rings (SSSR count). The van der Waals surface area contributed by atoms with E-state index < -0.39 is 0 Å². The van der Waals surface area contributed by atoms with Crippen LogP contribution in [0.15, 0.2) is 12.5 Å². The lowest BCUT2D eigenvalue weighted by Gasteiger charge is -2.05. The maximum atomic E-state index is 5.14. The smallest absolute Gasteiger partial charge is 0.153 e. The van der Waals surface area contributed by atoms with E-state index in [-0.39, 0.29) is 0 Å². The number of ether oxygens (including phenoxy) is 1. The van der Waals surface area contributed by atoms with Crippen LogP contribution in [0, 0.1) is 13.8 Å². The maximum Gasteiger partial charge on any atom is 0.153 e. The highest BCUT2D eigenvalue weighted by molar-refractivity contribution is 5.26. The van der Waals surface area contributed by atoms with Gasteiger partial charge in [0.1, 0.15) is 5.82 Å². The van der Waals surface area contributed by atoms with Crippen molar-refractivity contribution in [3.63, 3.8) is 0 Å². The number of hydrogen-bond donors (Lipinski definition) is 2. The van der Waals surface area contributed by atoms with Crippen molar-refractivity contribution in [1.29, 1.82) is 0 Å². The second kappa shape index (κ2) is 7.39. The van der Waals surface area contributed by atoms with Crippen LogP contribution in [0.2, 0.25) is 0 Å². The molecule has 0 fully saturated rings. The van der Waals surface area contributed by atoms with Gasteiger partial charge in [0.15, 0.2) is 5.82 Å². The fourth-order valence-corrected chi connectivity index (χ4v) is 2.68. The second-order valence-corrected chi connectivity index (χ2v) is 5.83. The van der Waals surface area contributed by atoms with E-state index in [4.69, 9.17) is 9.72 Å². The van der Waals surface area contributed by atoms with Gasteiger partial charge in [-0.15, -0.1) is 0 Å². The van der Waals surface area contributed by atoms with Gasteiger partial charge in [0.2, 0.25) is 0 Å². The highest BCUT2D eigenvalue weighted by Crippen LogP contribution is 2.15. The van der Waals surface area contributed by atoms with E-state index >= 15 is 0 Å². The van der Waals surface area contributed by atoms with Crippen molar-refractivity contribution in [3.8, 4) is 0 Å². The quantitative estimate of drug-likeness (QED) is 0.650. The Labute approximate surface area is 140 Å². The van der Waals surface area contributed by atoms with E-state index in [1.165, 1.54) is 5.56 Å². The van der Waals surface area contributed by atoms with Crippen LogP contribution < -0.4 is 0 Å². The predicted octanol–water partition coefficient (Wildman–Crippen LogP) is 1.36. The Morgan fingerprint density at radius 3 is 2.79 bits per heavy atom. The molecule has 3 aromatic heterocycles. The third-order valence-corrected chi connectivity index (χ3v) is 4.09. The summed E-state index contributed by atoms with van der Waals surface area (Å²) in [6, 6.07) is 0. The number of aromatic nitrogens is 7. The monoisotopic (exact) mass is 329 g/mol. The van der Waals surface area contributed by atoms with Gasteiger partial charge in [-0.2, -0.15) is 10.2 Å². The molecule has 3 heterocycles. The van der Waals surface area contributed by atoms with Gasteiger partial charge in [-0.05, 0) is 13.8 Å². The van der Waals surface area contributed by atoms with Crippen LogP contribution in [0.25, 0.3) is 0 Å². The zero-order chi connectivity index (χ0) is 16.9. The average molecular weight is 329 g/mol. The van der Waals surface area contributed by atoms with Crippen molar-refractivity contribution < 1.29 is 4.74 Å². The molecule has 8 nitrogen and oxygen atoms in total. The number of aryl methyl sites for hydroxylation is 4. The number of methoxy groups -OCH3 is 1. The molecule has 0 atom stereocenters. The number of imidazole rings is 1. The number of rotatable bonds is 8. The number of H-pyrrole nitrogens is 2. The molecule has 0 aliphatic heterocycles. The summed E-state index contributed by atoms with van der Waals surface area (Å²) < 4.78 is 7.12. The minimum Gasteiger partial charge on any atom is -0.384 e. The summed E-state index contributed by atoms with van der Waals surface area (Å²) in [4.78, 5) is 11.9. The molecule has 0 bridgehead atoms. The molecule has 128 valence electrons. The predicted molar refractivity (Wildman–Crippen MR) is 88.8 cm³/mol. The van der Waals surface area contributed by atoms with Gasteiger partial charge in [-0.1, -0.05) is 0 Å². The van der Waals surface area contributed by atoms with Crippen molar-refractivity contribution in [3.05, 3.63) is 46.8 Å².